The summed E-state index contributed by atoms with van der Waals surface area (Å²) < 4.78 is 0. The molecule has 2 rings (SSSR count). The van der Waals surface area contributed by atoms with E-state index in [9.17, 15) is 0 Å². The highest BCUT2D eigenvalue weighted by molar-refractivity contribution is 4.60. The van der Waals surface area contributed by atoms with Crippen LogP contribution in [0.15, 0.2) is 0 Å². The van der Waals surface area contributed by atoms with E-state index in [1.165, 1.54) is 58.0 Å². The molecule has 1 aliphatic heterocycles. The van der Waals surface area contributed by atoms with Crippen LogP contribution in [0.5, 0.6) is 0 Å². The SMILES string of the molecule is CC.CC1CCCCC1.CN1CCCC1. The molecule has 0 spiro atoms. The van der Waals surface area contributed by atoms with Crippen molar-refractivity contribution in [1.82, 2.24) is 4.90 Å². The Kier molecular flexibility index (Phi) is 10.4. The Labute approximate surface area is 97.2 Å². The Bertz CT molecular complexity index is 111. The molecule has 0 aromatic carbocycles. The van der Waals surface area contributed by atoms with Crippen molar-refractivity contribution in [2.24, 2.45) is 5.92 Å². The summed E-state index contributed by atoms with van der Waals surface area (Å²) in [5, 5.41) is 0. The summed E-state index contributed by atoms with van der Waals surface area (Å²) in [6.45, 7) is 9.00. The monoisotopic (exact) mass is 213 g/mol. The van der Waals surface area contributed by atoms with Crippen LogP contribution in [0, 0.1) is 5.92 Å². The van der Waals surface area contributed by atoms with Gasteiger partial charge in [0.15, 0.2) is 0 Å². The Morgan fingerprint density at radius 1 is 0.800 bits per heavy atom. The second-order valence-electron chi connectivity index (χ2n) is 4.75. The molecule has 0 N–H and O–H groups in total. The molecule has 1 heteroatoms. The maximum atomic E-state index is 2.36. The molecule has 0 aromatic heterocycles. The van der Waals surface area contributed by atoms with E-state index in [0.29, 0.717) is 0 Å². The maximum absolute atomic E-state index is 2.36. The van der Waals surface area contributed by atoms with Crippen molar-refractivity contribution >= 4 is 0 Å². The van der Waals surface area contributed by atoms with Gasteiger partial charge in [0.2, 0.25) is 0 Å². The number of hydrogen-bond acceptors (Lipinski definition) is 1. The van der Waals surface area contributed by atoms with Crippen LogP contribution in [0.4, 0.5) is 0 Å². The van der Waals surface area contributed by atoms with Gasteiger partial charge in [-0.05, 0) is 38.9 Å². The van der Waals surface area contributed by atoms with Crippen molar-refractivity contribution in [1.29, 1.82) is 0 Å². The van der Waals surface area contributed by atoms with Gasteiger partial charge in [0.1, 0.15) is 0 Å². The third-order valence-electron chi connectivity index (χ3n) is 3.22. The smallest absolute Gasteiger partial charge is 0.00213 e. The predicted molar refractivity (Wildman–Crippen MR) is 70.3 cm³/mol. The van der Waals surface area contributed by atoms with E-state index in [4.69, 9.17) is 0 Å². The maximum Gasteiger partial charge on any atom is -0.00213 e. The van der Waals surface area contributed by atoms with Crippen LogP contribution in [0.25, 0.3) is 0 Å². The first-order valence-electron chi connectivity index (χ1n) is 6.97. The molecule has 0 amide bonds. The highest BCUT2D eigenvalue weighted by Crippen LogP contribution is 2.22. The Balaban J connectivity index is 0.000000227. The van der Waals surface area contributed by atoms with Gasteiger partial charge in [-0.25, -0.2) is 0 Å². The van der Waals surface area contributed by atoms with Gasteiger partial charge in [-0.2, -0.15) is 0 Å². The molecule has 1 heterocycles. The third kappa shape index (κ3) is 8.92. The van der Waals surface area contributed by atoms with Crippen LogP contribution in [0.2, 0.25) is 0 Å². The van der Waals surface area contributed by atoms with E-state index in [-0.39, 0.29) is 0 Å². The van der Waals surface area contributed by atoms with Crippen molar-refractivity contribution < 1.29 is 0 Å². The minimum absolute atomic E-state index is 1.04. The lowest BCUT2D eigenvalue weighted by molar-refractivity contribution is 0.385. The summed E-state index contributed by atoms with van der Waals surface area (Å²) in [5.41, 5.74) is 0. The minimum Gasteiger partial charge on any atom is -0.306 e. The van der Waals surface area contributed by atoms with Gasteiger partial charge in [0, 0.05) is 0 Å². The predicted octanol–water partition coefficient (Wildman–Crippen LogP) is 4.32. The number of hydrogen-bond donors (Lipinski definition) is 0. The lowest BCUT2D eigenvalue weighted by atomic mass is 9.91. The van der Waals surface area contributed by atoms with E-state index >= 15 is 0 Å². The van der Waals surface area contributed by atoms with Crippen LogP contribution in [-0.4, -0.2) is 25.0 Å². The van der Waals surface area contributed by atoms with E-state index in [0.717, 1.165) is 5.92 Å². The fraction of sp³-hybridized carbons (Fsp3) is 1.00. The average molecular weight is 213 g/mol. The molecule has 15 heavy (non-hydrogen) atoms. The van der Waals surface area contributed by atoms with E-state index in [1.807, 2.05) is 13.8 Å². The molecule has 0 radical (unpaired) electrons. The third-order valence-corrected chi connectivity index (χ3v) is 3.22. The van der Waals surface area contributed by atoms with Crippen LogP contribution < -0.4 is 0 Å². The number of rotatable bonds is 0. The second kappa shape index (κ2) is 10.5. The molecule has 1 aliphatic carbocycles. The quantitative estimate of drug-likeness (QED) is 0.579. The number of nitrogens with zero attached hydrogens (tertiary/aromatic N) is 1. The number of likely N-dealkylation sites (tertiary alicyclic amines) is 1. The van der Waals surface area contributed by atoms with E-state index in [1.54, 1.807) is 0 Å². The highest BCUT2D eigenvalue weighted by atomic mass is 15.1. The molecule has 1 nitrogen and oxygen atoms in total. The van der Waals surface area contributed by atoms with Crippen LogP contribution in [-0.2, 0) is 0 Å². The van der Waals surface area contributed by atoms with Crippen molar-refractivity contribution in [2.75, 3.05) is 20.1 Å². The van der Waals surface area contributed by atoms with Gasteiger partial charge in [-0.3, -0.25) is 0 Å². The first-order chi connectivity index (χ1) is 7.29. The fourth-order valence-corrected chi connectivity index (χ4v) is 2.18. The molecule has 0 bridgehead atoms. The van der Waals surface area contributed by atoms with Gasteiger partial charge in [-0.15, -0.1) is 0 Å². The molecule has 1 saturated heterocycles. The van der Waals surface area contributed by atoms with Gasteiger partial charge in [0.05, 0.1) is 0 Å². The molecular formula is C14H31N. The molecule has 2 fully saturated rings. The molecular weight excluding hydrogens is 182 g/mol. The first kappa shape index (κ1) is 15.0. The van der Waals surface area contributed by atoms with E-state index in [2.05, 4.69) is 18.9 Å². The lowest BCUT2D eigenvalue weighted by Gasteiger charge is -2.15. The zero-order valence-corrected chi connectivity index (χ0v) is 11.4. The summed E-state index contributed by atoms with van der Waals surface area (Å²) in [7, 11) is 2.17. The average Bonchev–Trinajstić information content (AvgIpc) is 2.74. The van der Waals surface area contributed by atoms with Gasteiger partial charge in [-0.1, -0.05) is 52.9 Å². The second-order valence-corrected chi connectivity index (χ2v) is 4.75. The molecule has 1 saturated carbocycles. The van der Waals surface area contributed by atoms with Gasteiger partial charge < -0.3 is 4.90 Å². The molecule has 0 atom stereocenters. The van der Waals surface area contributed by atoms with Crippen LogP contribution in [0.3, 0.4) is 0 Å². The molecule has 0 unspecified atom stereocenters. The lowest BCUT2D eigenvalue weighted by Crippen LogP contribution is -2.10. The highest BCUT2D eigenvalue weighted by Gasteiger charge is 2.06. The summed E-state index contributed by atoms with van der Waals surface area (Å²) in [6, 6.07) is 0. The minimum atomic E-state index is 1.04. The summed E-state index contributed by atoms with van der Waals surface area (Å²) in [6.07, 6.45) is 10.3. The van der Waals surface area contributed by atoms with E-state index < -0.39 is 0 Å². The largest absolute Gasteiger partial charge is 0.306 e. The van der Waals surface area contributed by atoms with Crippen molar-refractivity contribution in [3.63, 3.8) is 0 Å². The Morgan fingerprint density at radius 2 is 1.27 bits per heavy atom. The zero-order valence-electron chi connectivity index (χ0n) is 11.4. The van der Waals surface area contributed by atoms with Crippen LogP contribution >= 0.6 is 0 Å². The standard InChI is InChI=1S/C7H14.C5H11N.C2H6/c1-7-5-3-2-4-6-7;1-6-4-2-3-5-6;1-2/h7H,2-6H2,1H3;2-5H2,1H3;1-2H3. The van der Waals surface area contributed by atoms with Gasteiger partial charge in [0.25, 0.3) is 0 Å². The zero-order chi connectivity index (χ0) is 11.5. The Morgan fingerprint density at radius 3 is 1.47 bits per heavy atom. The first-order valence-corrected chi connectivity index (χ1v) is 6.97. The van der Waals surface area contributed by atoms with Crippen molar-refractivity contribution in [3.05, 3.63) is 0 Å². The molecule has 92 valence electrons. The fourth-order valence-electron chi connectivity index (χ4n) is 2.18. The molecule has 0 aromatic rings. The van der Waals surface area contributed by atoms with Gasteiger partial charge >= 0.3 is 0 Å². The van der Waals surface area contributed by atoms with Crippen molar-refractivity contribution in [2.45, 2.75) is 65.7 Å². The Hall–Kier alpha value is -0.0400. The van der Waals surface area contributed by atoms with Crippen molar-refractivity contribution in [3.8, 4) is 0 Å². The summed E-state index contributed by atoms with van der Waals surface area (Å²) in [4.78, 5) is 2.36. The topological polar surface area (TPSA) is 3.24 Å². The normalized spacial score (nSPS) is 22.4. The molecule has 2 aliphatic rings. The summed E-state index contributed by atoms with van der Waals surface area (Å²) >= 11 is 0. The summed E-state index contributed by atoms with van der Waals surface area (Å²) in [5.74, 6) is 1.04. The van der Waals surface area contributed by atoms with Crippen LogP contribution in [0.1, 0.15) is 65.7 Å².